The summed E-state index contributed by atoms with van der Waals surface area (Å²) < 4.78 is 30.9. The number of aliphatic hydroxyl groups excluding tert-OH is 2. The Balaban J connectivity index is 0. The van der Waals surface area contributed by atoms with Gasteiger partial charge >= 0.3 is 0 Å². The molecule has 0 atom stereocenters. The minimum atomic E-state index is -3.30. The van der Waals surface area contributed by atoms with Crippen molar-refractivity contribution in [1.29, 1.82) is 0 Å². The van der Waals surface area contributed by atoms with Crippen LogP contribution in [0.3, 0.4) is 0 Å². The second kappa shape index (κ2) is 16.6. The minimum Gasteiger partial charge on any atom is -0.396 e. The third-order valence-electron chi connectivity index (χ3n) is 2.71. The topological polar surface area (TPSA) is 74.6 Å². The van der Waals surface area contributed by atoms with Crippen LogP contribution in [0.5, 0.6) is 0 Å². The molecule has 27 heavy (non-hydrogen) atoms. The molecule has 0 fully saturated rings. The third kappa shape index (κ3) is 12.6. The molecule has 0 unspecified atom stereocenters. The van der Waals surface area contributed by atoms with Crippen molar-refractivity contribution in [3.63, 3.8) is 0 Å². The second-order valence-corrected chi connectivity index (χ2v) is 9.63. The Labute approximate surface area is 186 Å². The van der Waals surface area contributed by atoms with E-state index in [-0.39, 0.29) is 31.3 Å². The zero-order valence-corrected chi connectivity index (χ0v) is 19.2. The second-order valence-electron chi connectivity index (χ2n) is 4.52. The lowest BCUT2D eigenvalue weighted by atomic mass is 10.4. The molecular weight excluding hydrogens is 516 g/mol. The van der Waals surface area contributed by atoms with E-state index in [0.717, 1.165) is 14.7 Å². The minimum absolute atomic E-state index is 0. The molecule has 0 radical (unpaired) electrons. The van der Waals surface area contributed by atoms with Crippen molar-refractivity contribution in [1.82, 2.24) is 0 Å². The first kappa shape index (κ1) is 26.6. The highest BCUT2D eigenvalue weighted by Gasteiger charge is 2.12. The fourth-order valence-electron chi connectivity index (χ4n) is 1.57. The van der Waals surface area contributed by atoms with Crippen LogP contribution in [-0.2, 0) is 9.84 Å². The number of rotatable bonds is 6. The summed E-state index contributed by atoms with van der Waals surface area (Å²) in [6.07, 6.45) is 0. The first-order chi connectivity index (χ1) is 12.8. The number of sulfone groups is 1. The van der Waals surface area contributed by atoms with Crippen LogP contribution in [0.4, 0.5) is 0 Å². The summed E-state index contributed by atoms with van der Waals surface area (Å²) in [7, 11) is -3.30. The standard InChI is InChI=1S/C8H9BrO3S.C8H9BrOS.C2H6.CH4/c9-7-1-3-8(4-2-7)13(11,12)6-5-10;9-7-1-3-8(4-2-7)11-6-5-10;1-2;/h1-4,10H,5-6H2;1-4,10H,5-6H2;1-2H3;1H4/i;;1D;. The normalized spacial score (nSPS) is 10.3. The van der Waals surface area contributed by atoms with Crippen molar-refractivity contribution < 1.29 is 20.0 Å². The average molecular weight is 545 g/mol. The summed E-state index contributed by atoms with van der Waals surface area (Å²) in [5.74, 6) is 0.538. The van der Waals surface area contributed by atoms with Crippen LogP contribution in [0, 0.1) is 0 Å². The highest BCUT2D eigenvalue weighted by Crippen LogP contribution is 2.19. The van der Waals surface area contributed by atoms with Gasteiger partial charge in [0.1, 0.15) is 0 Å². The van der Waals surface area contributed by atoms with Crippen molar-refractivity contribution in [2.45, 2.75) is 31.0 Å². The molecule has 0 heterocycles. The summed E-state index contributed by atoms with van der Waals surface area (Å²) in [6, 6.07) is 14.4. The highest BCUT2D eigenvalue weighted by atomic mass is 79.9. The van der Waals surface area contributed by atoms with E-state index in [2.05, 4.69) is 31.9 Å². The number of hydrogen-bond acceptors (Lipinski definition) is 5. The molecule has 4 nitrogen and oxygen atoms in total. The summed E-state index contributed by atoms with van der Waals surface area (Å²) in [4.78, 5) is 1.44. The Morgan fingerprint density at radius 1 is 0.963 bits per heavy atom. The number of benzene rings is 2. The van der Waals surface area contributed by atoms with Crippen LogP contribution in [-0.4, -0.2) is 43.4 Å². The fourth-order valence-corrected chi connectivity index (χ4v) is 3.79. The molecule has 0 bridgehead atoms. The van der Waals surface area contributed by atoms with E-state index in [1.165, 1.54) is 17.0 Å². The van der Waals surface area contributed by atoms with Gasteiger partial charge in [0, 0.05) is 21.0 Å². The molecule has 0 saturated heterocycles. The molecule has 0 spiro atoms. The summed E-state index contributed by atoms with van der Waals surface area (Å²) >= 11 is 8.22. The molecule has 0 amide bonds. The maximum Gasteiger partial charge on any atom is 0.180 e. The predicted octanol–water partition coefficient (Wildman–Crippen LogP) is 5.41. The van der Waals surface area contributed by atoms with E-state index in [1.807, 2.05) is 24.3 Å². The van der Waals surface area contributed by atoms with Gasteiger partial charge in [-0.05, 0) is 48.5 Å². The van der Waals surface area contributed by atoms with Crippen LogP contribution < -0.4 is 0 Å². The van der Waals surface area contributed by atoms with E-state index in [0.29, 0.717) is 6.90 Å². The zero-order chi connectivity index (χ0) is 20.7. The molecule has 154 valence electrons. The Kier molecular flexibility index (Phi) is 16.3. The molecule has 0 aromatic heterocycles. The molecule has 0 aliphatic rings. The highest BCUT2D eigenvalue weighted by molar-refractivity contribution is 9.10. The van der Waals surface area contributed by atoms with Crippen molar-refractivity contribution in [3.8, 4) is 0 Å². The molecule has 2 N–H and O–H groups in total. The quantitative estimate of drug-likeness (QED) is 0.475. The molecule has 2 rings (SSSR count). The van der Waals surface area contributed by atoms with Gasteiger partial charge in [-0.15, -0.1) is 11.8 Å². The van der Waals surface area contributed by atoms with Crippen molar-refractivity contribution in [2.75, 3.05) is 24.7 Å². The first-order valence-corrected chi connectivity index (χ1v) is 11.9. The molecular formula is C19H28Br2O4S2. The largest absolute Gasteiger partial charge is 0.396 e. The predicted molar refractivity (Wildman–Crippen MR) is 123 cm³/mol. The van der Waals surface area contributed by atoms with Gasteiger partial charge < -0.3 is 10.2 Å². The number of halogens is 2. The monoisotopic (exact) mass is 543 g/mol. The van der Waals surface area contributed by atoms with Gasteiger partial charge in [-0.1, -0.05) is 53.1 Å². The van der Waals surface area contributed by atoms with Crippen molar-refractivity contribution in [3.05, 3.63) is 57.5 Å². The van der Waals surface area contributed by atoms with Gasteiger partial charge in [0.2, 0.25) is 0 Å². The smallest absolute Gasteiger partial charge is 0.180 e. The number of thioether (sulfide) groups is 1. The average Bonchev–Trinajstić information content (AvgIpc) is 2.63. The zero-order valence-electron chi connectivity index (χ0n) is 15.4. The van der Waals surface area contributed by atoms with Gasteiger partial charge in [0.05, 0.1) is 23.9 Å². The van der Waals surface area contributed by atoms with Crippen LogP contribution in [0.2, 0.25) is 0 Å². The van der Waals surface area contributed by atoms with E-state index in [9.17, 15) is 8.42 Å². The lowest BCUT2D eigenvalue weighted by Gasteiger charge is -2.01. The summed E-state index contributed by atoms with van der Waals surface area (Å²) in [6.45, 7) is 2.18. The van der Waals surface area contributed by atoms with E-state index in [4.69, 9.17) is 11.6 Å². The van der Waals surface area contributed by atoms with Crippen LogP contribution >= 0.6 is 43.6 Å². The molecule has 2 aromatic rings. The molecule has 8 heteroatoms. The van der Waals surface area contributed by atoms with E-state index >= 15 is 0 Å². The van der Waals surface area contributed by atoms with Gasteiger partial charge in [0.25, 0.3) is 0 Å². The SMILES string of the molecule is C.O=S(=O)(CCO)c1ccc(Br)cc1.OCCSc1ccc(Br)cc1.[2H]CC. The number of hydrogen-bond donors (Lipinski definition) is 2. The van der Waals surface area contributed by atoms with Crippen LogP contribution in [0.15, 0.2) is 67.3 Å². The molecule has 0 saturated carbocycles. The number of aliphatic hydroxyl groups is 2. The van der Waals surface area contributed by atoms with Gasteiger partial charge in [-0.25, -0.2) is 8.42 Å². The third-order valence-corrected chi connectivity index (χ3v) is 6.47. The van der Waals surface area contributed by atoms with Gasteiger partial charge in [-0.2, -0.15) is 0 Å². The fraction of sp³-hybridized carbons (Fsp3) is 0.368. The first-order valence-electron chi connectivity index (χ1n) is 8.39. The van der Waals surface area contributed by atoms with E-state index in [1.54, 1.807) is 30.8 Å². The Morgan fingerprint density at radius 2 is 1.41 bits per heavy atom. The van der Waals surface area contributed by atoms with Gasteiger partial charge in [-0.3, -0.25) is 0 Å². The van der Waals surface area contributed by atoms with Crippen LogP contribution in [0.1, 0.15) is 22.6 Å². The Bertz CT molecular complexity index is 725. The van der Waals surface area contributed by atoms with E-state index < -0.39 is 9.84 Å². The van der Waals surface area contributed by atoms with Crippen LogP contribution in [0.25, 0.3) is 0 Å². The lowest BCUT2D eigenvalue weighted by molar-refractivity contribution is 0.319. The lowest BCUT2D eigenvalue weighted by Crippen LogP contribution is -2.09. The van der Waals surface area contributed by atoms with Gasteiger partial charge in [0.15, 0.2) is 9.84 Å². The Hall–Kier alpha value is -0.380. The molecule has 0 aliphatic carbocycles. The van der Waals surface area contributed by atoms with Crippen molar-refractivity contribution in [2.24, 2.45) is 0 Å². The Morgan fingerprint density at radius 3 is 1.81 bits per heavy atom. The maximum absolute atomic E-state index is 11.4. The molecule has 2 aromatic carbocycles. The maximum atomic E-state index is 11.4. The van der Waals surface area contributed by atoms with Crippen molar-refractivity contribution >= 4 is 53.5 Å². The summed E-state index contributed by atoms with van der Waals surface area (Å²) in [5, 5.41) is 17.1. The molecule has 0 aliphatic heterocycles. The summed E-state index contributed by atoms with van der Waals surface area (Å²) in [5.41, 5.74) is 0.